The number of aromatic nitrogens is 1. The van der Waals surface area contributed by atoms with Crippen molar-refractivity contribution in [3.8, 4) is 0 Å². The molecule has 0 bridgehead atoms. The third-order valence-corrected chi connectivity index (χ3v) is 5.49. The van der Waals surface area contributed by atoms with Crippen molar-refractivity contribution in [2.24, 2.45) is 11.7 Å². The lowest BCUT2D eigenvalue weighted by Gasteiger charge is -2.34. The number of hydrogen-bond donors (Lipinski definition) is 1. The molecule has 0 aliphatic carbocycles. The Hall–Kier alpha value is -0.450. The molecule has 1 atom stereocenters. The first-order chi connectivity index (χ1) is 9.45. The second kappa shape index (κ2) is 6.54. The van der Waals surface area contributed by atoms with Crippen LogP contribution in [0.3, 0.4) is 0 Å². The Morgan fingerprint density at radius 3 is 2.50 bits per heavy atom. The largest absolute Gasteiger partial charge is 0.330 e. The predicted molar refractivity (Wildman–Crippen MR) is 87.4 cm³/mol. The van der Waals surface area contributed by atoms with E-state index in [1.54, 1.807) is 11.3 Å². The van der Waals surface area contributed by atoms with Gasteiger partial charge in [-0.1, -0.05) is 27.7 Å². The van der Waals surface area contributed by atoms with Gasteiger partial charge in [-0.3, -0.25) is 0 Å². The molecule has 1 fully saturated rings. The van der Waals surface area contributed by atoms with Crippen LogP contribution < -0.4 is 5.73 Å². The highest BCUT2D eigenvalue weighted by molar-refractivity contribution is 7.09. The molecule has 1 aromatic heterocycles. The van der Waals surface area contributed by atoms with E-state index in [-0.39, 0.29) is 5.41 Å². The van der Waals surface area contributed by atoms with Crippen molar-refractivity contribution in [2.45, 2.75) is 51.9 Å². The maximum absolute atomic E-state index is 6.07. The monoisotopic (exact) mass is 295 g/mol. The molecule has 0 amide bonds. The smallest absolute Gasteiger partial charge is 0.0974 e. The maximum atomic E-state index is 6.07. The SMILES string of the molecule is CCN1CCC(C(CN)c2nc(C(C)(C)C)cs2)CC1. The van der Waals surface area contributed by atoms with Gasteiger partial charge in [0.15, 0.2) is 0 Å². The molecule has 2 N–H and O–H groups in total. The Labute approximate surface area is 127 Å². The van der Waals surface area contributed by atoms with Crippen LogP contribution in [0.4, 0.5) is 0 Å². The van der Waals surface area contributed by atoms with Gasteiger partial charge >= 0.3 is 0 Å². The van der Waals surface area contributed by atoms with Crippen molar-refractivity contribution in [3.05, 3.63) is 16.1 Å². The second-order valence-electron chi connectivity index (χ2n) is 6.93. The minimum atomic E-state index is 0.138. The van der Waals surface area contributed by atoms with Gasteiger partial charge < -0.3 is 10.6 Å². The summed E-state index contributed by atoms with van der Waals surface area (Å²) in [4.78, 5) is 7.43. The van der Waals surface area contributed by atoms with Crippen molar-refractivity contribution in [1.29, 1.82) is 0 Å². The molecule has 1 aromatic rings. The van der Waals surface area contributed by atoms with Gasteiger partial charge in [-0.25, -0.2) is 4.98 Å². The Balaban J connectivity index is 2.07. The van der Waals surface area contributed by atoms with E-state index in [2.05, 4.69) is 38.0 Å². The highest BCUT2D eigenvalue weighted by Gasteiger charge is 2.29. The van der Waals surface area contributed by atoms with Crippen LogP contribution in [-0.2, 0) is 5.41 Å². The van der Waals surface area contributed by atoms with Gasteiger partial charge in [-0.2, -0.15) is 0 Å². The van der Waals surface area contributed by atoms with Crippen LogP contribution in [0, 0.1) is 5.92 Å². The van der Waals surface area contributed by atoms with Gasteiger partial charge in [0.25, 0.3) is 0 Å². The molecule has 1 unspecified atom stereocenters. The molecule has 0 aromatic carbocycles. The van der Waals surface area contributed by atoms with E-state index in [9.17, 15) is 0 Å². The summed E-state index contributed by atoms with van der Waals surface area (Å²) in [5, 5.41) is 3.48. The normalized spacial score (nSPS) is 20.2. The summed E-state index contributed by atoms with van der Waals surface area (Å²) in [6.45, 7) is 13.3. The van der Waals surface area contributed by atoms with E-state index < -0.39 is 0 Å². The number of hydrogen-bond acceptors (Lipinski definition) is 4. The molecular weight excluding hydrogens is 266 g/mol. The molecule has 0 spiro atoms. The van der Waals surface area contributed by atoms with E-state index >= 15 is 0 Å². The number of rotatable bonds is 4. The number of nitrogens with two attached hydrogens (primary N) is 1. The van der Waals surface area contributed by atoms with Crippen molar-refractivity contribution < 1.29 is 0 Å². The minimum Gasteiger partial charge on any atom is -0.330 e. The van der Waals surface area contributed by atoms with Crippen LogP contribution in [0.25, 0.3) is 0 Å². The summed E-state index contributed by atoms with van der Waals surface area (Å²) in [5.41, 5.74) is 7.42. The number of thiazole rings is 1. The number of piperidine rings is 1. The van der Waals surface area contributed by atoms with Crippen LogP contribution in [0.15, 0.2) is 5.38 Å². The molecule has 114 valence electrons. The summed E-state index contributed by atoms with van der Waals surface area (Å²) in [6.07, 6.45) is 2.53. The van der Waals surface area contributed by atoms with Gasteiger partial charge in [-0.05, 0) is 38.4 Å². The third-order valence-electron chi connectivity index (χ3n) is 4.51. The highest BCUT2D eigenvalue weighted by Crippen LogP contribution is 2.35. The number of nitrogens with zero attached hydrogens (tertiary/aromatic N) is 2. The summed E-state index contributed by atoms with van der Waals surface area (Å²) >= 11 is 1.80. The fraction of sp³-hybridized carbons (Fsp3) is 0.812. The van der Waals surface area contributed by atoms with Crippen molar-refractivity contribution in [2.75, 3.05) is 26.2 Å². The van der Waals surface area contributed by atoms with Crippen LogP contribution in [0.1, 0.15) is 57.2 Å². The second-order valence-corrected chi connectivity index (χ2v) is 7.82. The van der Waals surface area contributed by atoms with Crippen molar-refractivity contribution >= 4 is 11.3 Å². The molecule has 1 aliphatic heterocycles. The standard InChI is InChI=1S/C16H29N3S/c1-5-19-8-6-12(7-9-19)13(10-17)15-18-14(11-20-15)16(2,3)4/h11-13H,5-10,17H2,1-4H3. The molecule has 0 saturated carbocycles. The highest BCUT2D eigenvalue weighted by atomic mass is 32.1. The minimum absolute atomic E-state index is 0.138. The summed E-state index contributed by atoms with van der Waals surface area (Å²) in [7, 11) is 0. The Morgan fingerprint density at radius 2 is 2.05 bits per heavy atom. The first-order valence-electron chi connectivity index (χ1n) is 7.84. The molecule has 3 nitrogen and oxygen atoms in total. The first-order valence-corrected chi connectivity index (χ1v) is 8.72. The Bertz CT molecular complexity index is 414. The van der Waals surface area contributed by atoms with Crippen molar-refractivity contribution in [3.63, 3.8) is 0 Å². The van der Waals surface area contributed by atoms with E-state index in [0.29, 0.717) is 11.8 Å². The lowest BCUT2D eigenvalue weighted by atomic mass is 9.84. The molecule has 20 heavy (non-hydrogen) atoms. The lowest BCUT2D eigenvalue weighted by Crippen LogP contribution is -2.37. The molecule has 0 radical (unpaired) electrons. The van der Waals surface area contributed by atoms with Gasteiger partial charge in [0.05, 0.1) is 10.7 Å². The molecule has 2 rings (SSSR count). The average molecular weight is 295 g/mol. The van der Waals surface area contributed by atoms with Gasteiger partial charge in [0.2, 0.25) is 0 Å². The zero-order chi connectivity index (χ0) is 14.8. The Morgan fingerprint density at radius 1 is 1.40 bits per heavy atom. The van der Waals surface area contributed by atoms with E-state index in [1.165, 1.54) is 43.2 Å². The topological polar surface area (TPSA) is 42.1 Å². The van der Waals surface area contributed by atoms with Crippen LogP contribution in [-0.4, -0.2) is 36.1 Å². The molecule has 1 aliphatic rings. The van der Waals surface area contributed by atoms with Crippen LogP contribution >= 0.6 is 11.3 Å². The van der Waals surface area contributed by atoms with Crippen molar-refractivity contribution in [1.82, 2.24) is 9.88 Å². The number of likely N-dealkylation sites (tertiary alicyclic amines) is 1. The quantitative estimate of drug-likeness (QED) is 0.927. The summed E-state index contributed by atoms with van der Waals surface area (Å²) in [6, 6.07) is 0. The lowest BCUT2D eigenvalue weighted by molar-refractivity contribution is 0.176. The van der Waals surface area contributed by atoms with E-state index in [4.69, 9.17) is 10.7 Å². The molecular formula is C16H29N3S. The van der Waals surface area contributed by atoms with E-state index in [0.717, 1.165) is 6.54 Å². The van der Waals surface area contributed by atoms with Gasteiger partial charge in [-0.15, -0.1) is 11.3 Å². The van der Waals surface area contributed by atoms with Gasteiger partial charge in [0, 0.05) is 23.3 Å². The molecule has 2 heterocycles. The predicted octanol–water partition coefficient (Wildman–Crippen LogP) is 3.21. The Kier molecular flexibility index (Phi) is 5.21. The summed E-state index contributed by atoms with van der Waals surface area (Å²) < 4.78 is 0. The zero-order valence-electron chi connectivity index (χ0n) is 13.4. The maximum Gasteiger partial charge on any atom is 0.0974 e. The van der Waals surface area contributed by atoms with E-state index in [1.807, 2.05) is 0 Å². The van der Waals surface area contributed by atoms with Gasteiger partial charge in [0.1, 0.15) is 0 Å². The first kappa shape index (κ1) is 15.9. The fourth-order valence-electron chi connectivity index (χ4n) is 2.97. The van der Waals surface area contributed by atoms with Crippen LogP contribution in [0.2, 0.25) is 0 Å². The summed E-state index contributed by atoms with van der Waals surface area (Å²) in [5.74, 6) is 1.16. The third kappa shape index (κ3) is 3.60. The molecule has 4 heteroatoms. The zero-order valence-corrected chi connectivity index (χ0v) is 14.2. The van der Waals surface area contributed by atoms with Crippen LogP contribution in [0.5, 0.6) is 0 Å². The molecule has 1 saturated heterocycles. The average Bonchev–Trinajstić information content (AvgIpc) is 2.90. The fourth-order valence-corrected chi connectivity index (χ4v) is 4.22.